The summed E-state index contributed by atoms with van der Waals surface area (Å²) in [4.78, 5) is 112. The van der Waals surface area contributed by atoms with Gasteiger partial charge < -0.3 is 49.2 Å². The van der Waals surface area contributed by atoms with Crippen LogP contribution in [0.1, 0.15) is 333 Å². The van der Waals surface area contributed by atoms with Crippen molar-refractivity contribution in [1.29, 1.82) is 0 Å². The minimum Gasteiger partial charge on any atom is -0.478 e. The number of rotatable bonds is 58. The highest BCUT2D eigenvalue weighted by Crippen LogP contribution is 2.23. The van der Waals surface area contributed by atoms with Crippen molar-refractivity contribution in [2.75, 3.05) is 13.2 Å². The van der Waals surface area contributed by atoms with Gasteiger partial charge in [0.15, 0.2) is 6.10 Å². The number of benzene rings is 2. The summed E-state index contributed by atoms with van der Waals surface area (Å²) in [6.45, 7) is 5.87. The summed E-state index contributed by atoms with van der Waals surface area (Å²) in [5, 5.41) is 48.3. The van der Waals surface area contributed by atoms with E-state index in [0.717, 1.165) is 203 Å². The van der Waals surface area contributed by atoms with E-state index < -0.39 is 72.0 Å². The molecule has 0 fully saturated rings. The zero-order valence-electron chi connectivity index (χ0n) is 56.7. The molecular weight excluding hydrogens is 1200 g/mol. The minimum absolute atomic E-state index is 0.171. The van der Waals surface area contributed by atoms with Gasteiger partial charge in [0.1, 0.15) is 25.4 Å². The van der Waals surface area contributed by atoms with Crippen LogP contribution >= 0.6 is 0 Å². The smallest absolute Gasteiger partial charge is 0.339 e. The molecule has 0 radical (unpaired) electrons. The van der Waals surface area contributed by atoms with Gasteiger partial charge >= 0.3 is 53.7 Å². The van der Waals surface area contributed by atoms with Gasteiger partial charge in [-0.05, 0) is 133 Å². The van der Waals surface area contributed by atoms with Crippen molar-refractivity contribution >= 4 is 53.7 Å². The molecule has 526 valence electrons. The van der Waals surface area contributed by atoms with E-state index in [1.165, 1.54) is 12.8 Å². The summed E-state index contributed by atoms with van der Waals surface area (Å²) in [7, 11) is 0. The van der Waals surface area contributed by atoms with E-state index in [9.17, 15) is 68.7 Å². The van der Waals surface area contributed by atoms with E-state index in [4.69, 9.17) is 23.7 Å². The highest BCUT2D eigenvalue weighted by molar-refractivity contribution is 6.05. The first-order valence-electron chi connectivity index (χ1n) is 35.2. The first kappa shape index (κ1) is 82.9. The van der Waals surface area contributed by atoms with Gasteiger partial charge in [-0.3, -0.25) is 14.4 Å². The fraction of sp³-hybridized carbons (Fsp3) is 0.640. The van der Waals surface area contributed by atoms with Crippen LogP contribution in [0, 0.1) is 0 Å². The number of carboxylic acids is 4. The van der Waals surface area contributed by atoms with Gasteiger partial charge in [-0.15, -0.1) is 0 Å². The van der Waals surface area contributed by atoms with Gasteiger partial charge in [0, 0.05) is 32.1 Å². The van der Waals surface area contributed by atoms with Crippen molar-refractivity contribution in [3.63, 3.8) is 0 Å². The van der Waals surface area contributed by atoms with Crippen LogP contribution in [0.4, 0.5) is 0 Å². The van der Waals surface area contributed by atoms with E-state index in [2.05, 4.69) is 32.9 Å². The van der Waals surface area contributed by atoms with Gasteiger partial charge in [-0.25, -0.2) is 28.8 Å². The number of carbonyl (C=O) groups is 9. The lowest BCUT2D eigenvalue weighted by atomic mass is 10.0. The summed E-state index contributed by atoms with van der Waals surface area (Å²) in [5.74, 6) is -8.39. The molecule has 0 aliphatic carbocycles. The number of aromatic carboxylic acids is 4. The van der Waals surface area contributed by atoms with Crippen molar-refractivity contribution in [3.8, 4) is 0 Å². The predicted octanol–water partition coefficient (Wildman–Crippen LogP) is 17.5. The molecule has 5 N–H and O–H groups in total. The average Bonchev–Trinajstić information content (AvgIpc) is 0.888. The molecule has 2 aromatic rings. The van der Waals surface area contributed by atoms with Crippen LogP contribution in [0.2, 0.25) is 0 Å². The summed E-state index contributed by atoms with van der Waals surface area (Å²) in [6, 6.07) is 6.55. The molecule has 0 amide bonds. The number of unbranched alkanes of at least 4 members (excludes halogenated alkanes) is 24. The number of hydrogen-bond acceptors (Lipinski definition) is 15. The van der Waals surface area contributed by atoms with Crippen LogP contribution in [-0.2, 0) is 38.1 Å². The lowest BCUT2D eigenvalue weighted by molar-refractivity contribution is -0.167. The van der Waals surface area contributed by atoms with Crippen LogP contribution in [0.15, 0.2) is 72.9 Å². The van der Waals surface area contributed by atoms with Gasteiger partial charge in [0.25, 0.3) is 0 Å². The predicted molar refractivity (Wildman–Crippen MR) is 361 cm³/mol. The molecule has 0 spiro atoms. The van der Waals surface area contributed by atoms with Crippen molar-refractivity contribution in [2.45, 2.75) is 296 Å². The quantitative estimate of drug-likeness (QED) is 0.0178. The third-order valence-electron chi connectivity index (χ3n) is 16.3. The normalized spacial score (nSPS) is 12.8. The molecule has 2 rings (SSSR count). The lowest BCUT2D eigenvalue weighted by Crippen LogP contribution is -2.30. The second-order valence-corrected chi connectivity index (χ2v) is 24.5. The number of aliphatic hydroxyl groups excluding tert-OH is 1. The highest BCUT2D eigenvalue weighted by Gasteiger charge is 2.26. The summed E-state index contributed by atoms with van der Waals surface area (Å²) >= 11 is 0. The maximum Gasteiger partial charge on any atom is 0.339 e. The lowest BCUT2D eigenvalue weighted by Gasteiger charge is -2.18. The van der Waals surface area contributed by atoms with E-state index in [0.29, 0.717) is 51.4 Å². The van der Waals surface area contributed by atoms with E-state index in [1.807, 2.05) is 24.3 Å². The highest BCUT2D eigenvalue weighted by atomic mass is 16.6. The molecule has 94 heavy (non-hydrogen) atoms. The van der Waals surface area contributed by atoms with Gasteiger partial charge in [-0.2, -0.15) is 0 Å². The Morgan fingerprint density at radius 3 is 1.06 bits per heavy atom. The fourth-order valence-electron chi connectivity index (χ4n) is 10.6. The Hall–Kier alpha value is -7.15. The Kier molecular flexibility index (Phi) is 46.9. The molecular formula is C75H112O19. The Balaban J connectivity index is 1.84. The number of hydrogen-bond donors (Lipinski definition) is 5. The fourth-order valence-corrected chi connectivity index (χ4v) is 10.6. The Bertz CT molecular complexity index is 2470. The number of ether oxygens (including phenoxy) is 5. The maximum atomic E-state index is 13.2. The van der Waals surface area contributed by atoms with Gasteiger partial charge in [-0.1, -0.05) is 179 Å². The molecule has 0 heterocycles. The van der Waals surface area contributed by atoms with Crippen LogP contribution in [0.5, 0.6) is 0 Å². The van der Waals surface area contributed by atoms with Crippen molar-refractivity contribution in [2.24, 2.45) is 0 Å². The number of carbonyl (C=O) groups excluding carboxylic acids is 5. The van der Waals surface area contributed by atoms with E-state index in [1.54, 1.807) is 0 Å². The van der Waals surface area contributed by atoms with Gasteiger partial charge in [0.05, 0.1) is 39.5 Å². The standard InChI is InChI=1S/C75H112O19/c1-4-7-10-31-40-59(76)41-32-25-19-13-16-24-30-39-48-69(79)92-62(55-90-67(77)46-37-28-22-17-14-20-26-35-44-60(42-33-11-8-5-2)93-74(88)65-53-57(70(80)81)49-51-63(65)72(84)85)56-91-68(78)47-38-29-23-18-15-21-27-36-45-61(43-34-12-9-6-3)94-75(89)66-54-58(71(82)83)50-52-64(66)73(86)87/h25-27,32,35-36,49-54,59-62,76H,4-24,28-31,33-34,37-48,55-56H2,1-3H3,(H,80,81)(H,82,83)(H,84,85)(H,86,87)/b32-25-,35-26-,36-27-. The maximum absolute atomic E-state index is 13.2. The second kappa shape index (κ2) is 53.1. The van der Waals surface area contributed by atoms with E-state index in [-0.39, 0.29) is 72.0 Å². The Morgan fingerprint density at radius 1 is 0.351 bits per heavy atom. The van der Waals surface area contributed by atoms with Crippen molar-refractivity contribution < 1.29 is 92.4 Å². The largest absolute Gasteiger partial charge is 0.478 e. The molecule has 0 aliphatic heterocycles. The molecule has 0 saturated carbocycles. The third kappa shape index (κ3) is 40.2. The number of aliphatic hydroxyl groups is 1. The molecule has 3 unspecified atom stereocenters. The molecule has 3 atom stereocenters. The van der Waals surface area contributed by atoms with Gasteiger partial charge in [0.2, 0.25) is 0 Å². The van der Waals surface area contributed by atoms with Crippen molar-refractivity contribution in [1.82, 2.24) is 0 Å². The zero-order chi connectivity index (χ0) is 69.0. The summed E-state index contributed by atoms with van der Waals surface area (Å²) in [5.41, 5.74) is -1.68. The van der Waals surface area contributed by atoms with Crippen LogP contribution in [0.3, 0.4) is 0 Å². The Labute approximate surface area is 558 Å². The molecule has 2 aromatic carbocycles. The monoisotopic (exact) mass is 1320 g/mol. The number of carboxylic acid groups (broad SMARTS) is 4. The second-order valence-electron chi connectivity index (χ2n) is 24.5. The SMILES string of the molecule is CCCCCCC(O)C/C=C\CCCCCCCC(=O)OC(COC(=O)CCCCCCC/C=C\CC(CCCCCC)OC(=O)c1cc(C(=O)O)ccc1C(=O)O)COC(=O)CCCCCCC/C=C\CC(CCCCCC)OC(=O)c1cc(C(=O)O)ccc1C(=O)O. The van der Waals surface area contributed by atoms with Crippen LogP contribution < -0.4 is 0 Å². The summed E-state index contributed by atoms with van der Waals surface area (Å²) < 4.78 is 28.4. The van der Waals surface area contributed by atoms with E-state index >= 15 is 0 Å². The molecule has 19 heteroatoms. The Morgan fingerprint density at radius 2 is 0.691 bits per heavy atom. The van der Waals surface area contributed by atoms with Crippen LogP contribution in [0.25, 0.3) is 0 Å². The molecule has 0 bridgehead atoms. The summed E-state index contributed by atoms with van der Waals surface area (Å²) in [6.07, 6.45) is 41.3. The molecule has 0 saturated heterocycles. The zero-order valence-corrected chi connectivity index (χ0v) is 56.7. The first-order chi connectivity index (χ1) is 45.4. The molecule has 19 nitrogen and oxygen atoms in total. The first-order valence-corrected chi connectivity index (χ1v) is 35.2. The van der Waals surface area contributed by atoms with Crippen LogP contribution in [-0.4, -0.2) is 117 Å². The minimum atomic E-state index is -1.36. The molecule has 0 aliphatic rings. The number of allylic oxidation sites excluding steroid dienone is 3. The third-order valence-corrected chi connectivity index (χ3v) is 16.3. The number of esters is 5. The molecule has 0 aromatic heterocycles. The average molecular weight is 1320 g/mol. The van der Waals surface area contributed by atoms with Crippen molar-refractivity contribution in [3.05, 3.63) is 106 Å². The topological polar surface area (TPSA) is 301 Å².